The van der Waals surface area contributed by atoms with Crippen LogP contribution < -0.4 is 5.32 Å². The van der Waals surface area contributed by atoms with E-state index in [0.717, 1.165) is 25.1 Å². The van der Waals surface area contributed by atoms with E-state index in [2.05, 4.69) is 22.4 Å². The molecule has 0 atom stereocenters. The minimum Gasteiger partial charge on any atom is -0.421 e. The third kappa shape index (κ3) is 3.61. The van der Waals surface area contributed by atoms with Crippen LogP contribution >= 0.6 is 0 Å². The first kappa shape index (κ1) is 13.7. The van der Waals surface area contributed by atoms with Crippen molar-refractivity contribution in [2.24, 2.45) is 0 Å². The predicted octanol–water partition coefficient (Wildman–Crippen LogP) is 2.73. The Kier molecular flexibility index (Phi) is 4.63. The van der Waals surface area contributed by atoms with Gasteiger partial charge in [0, 0.05) is 18.5 Å². The number of rotatable bonds is 6. The fraction of sp³-hybridized carbons (Fsp3) is 0.429. The Balaban J connectivity index is 2.06. The first-order chi connectivity index (χ1) is 9.20. The summed E-state index contributed by atoms with van der Waals surface area (Å²) in [6, 6.07) is 4.55. The van der Waals surface area contributed by atoms with E-state index in [9.17, 15) is 4.39 Å². The minimum atomic E-state index is -0.301. The number of nitrogens with one attached hydrogen (secondary N) is 1. The number of halogens is 1. The number of benzene rings is 1. The second kappa shape index (κ2) is 6.43. The average Bonchev–Trinajstić information content (AvgIpc) is 2.86. The molecule has 1 heterocycles. The van der Waals surface area contributed by atoms with Crippen molar-refractivity contribution in [1.82, 2.24) is 15.5 Å². The van der Waals surface area contributed by atoms with E-state index in [1.54, 1.807) is 6.07 Å². The number of aromatic nitrogens is 2. The molecule has 0 aliphatic carbocycles. The third-order valence-electron chi connectivity index (χ3n) is 2.84. The van der Waals surface area contributed by atoms with Crippen LogP contribution in [0, 0.1) is 12.7 Å². The van der Waals surface area contributed by atoms with Gasteiger partial charge >= 0.3 is 0 Å². The molecule has 1 aromatic carbocycles. The lowest BCUT2D eigenvalue weighted by molar-refractivity contribution is 0.493. The second-order valence-corrected chi connectivity index (χ2v) is 4.46. The zero-order chi connectivity index (χ0) is 13.7. The minimum absolute atomic E-state index is 0.301. The molecular formula is C14H18FN3O. The Bertz CT molecular complexity index is 539. The summed E-state index contributed by atoms with van der Waals surface area (Å²) < 4.78 is 18.8. The molecule has 0 unspecified atom stereocenters. The molecule has 4 nitrogen and oxygen atoms in total. The van der Waals surface area contributed by atoms with Crippen LogP contribution in [0.15, 0.2) is 22.6 Å². The Morgan fingerprint density at radius 2 is 2.11 bits per heavy atom. The molecule has 0 spiro atoms. The summed E-state index contributed by atoms with van der Waals surface area (Å²) in [6.45, 7) is 5.79. The maximum atomic E-state index is 13.2. The van der Waals surface area contributed by atoms with Gasteiger partial charge in [-0.3, -0.25) is 0 Å². The molecule has 0 saturated carbocycles. The number of hydrogen-bond acceptors (Lipinski definition) is 4. The Morgan fingerprint density at radius 1 is 1.26 bits per heavy atom. The van der Waals surface area contributed by atoms with Gasteiger partial charge < -0.3 is 9.73 Å². The Labute approximate surface area is 112 Å². The van der Waals surface area contributed by atoms with Crippen molar-refractivity contribution >= 4 is 0 Å². The van der Waals surface area contributed by atoms with Crippen LogP contribution in [0.1, 0.15) is 24.8 Å². The molecule has 0 bridgehead atoms. The first-order valence-corrected chi connectivity index (χ1v) is 6.50. The quantitative estimate of drug-likeness (QED) is 0.814. The van der Waals surface area contributed by atoms with Crippen LogP contribution in [-0.4, -0.2) is 23.3 Å². The van der Waals surface area contributed by atoms with E-state index >= 15 is 0 Å². The van der Waals surface area contributed by atoms with Crippen LogP contribution in [0.2, 0.25) is 0 Å². The monoisotopic (exact) mass is 263 g/mol. The highest BCUT2D eigenvalue weighted by Crippen LogP contribution is 2.22. The molecule has 0 radical (unpaired) electrons. The van der Waals surface area contributed by atoms with Crippen LogP contribution in [-0.2, 0) is 6.42 Å². The maximum absolute atomic E-state index is 13.2. The molecular weight excluding hydrogens is 245 g/mol. The van der Waals surface area contributed by atoms with E-state index < -0.39 is 0 Å². The average molecular weight is 263 g/mol. The lowest BCUT2D eigenvalue weighted by Crippen LogP contribution is -2.17. The molecule has 19 heavy (non-hydrogen) atoms. The van der Waals surface area contributed by atoms with Gasteiger partial charge in [-0.25, -0.2) is 4.39 Å². The van der Waals surface area contributed by atoms with Crippen molar-refractivity contribution in [2.75, 3.05) is 13.1 Å². The molecule has 0 saturated heterocycles. The first-order valence-electron chi connectivity index (χ1n) is 6.50. The van der Waals surface area contributed by atoms with Crippen molar-refractivity contribution < 1.29 is 8.81 Å². The highest BCUT2D eigenvalue weighted by atomic mass is 19.1. The third-order valence-corrected chi connectivity index (χ3v) is 2.84. The van der Waals surface area contributed by atoms with E-state index in [-0.39, 0.29) is 5.82 Å². The fourth-order valence-electron chi connectivity index (χ4n) is 1.79. The van der Waals surface area contributed by atoms with Crippen molar-refractivity contribution in [3.05, 3.63) is 35.5 Å². The lowest BCUT2D eigenvalue weighted by Gasteiger charge is -2.00. The zero-order valence-electron chi connectivity index (χ0n) is 11.2. The van der Waals surface area contributed by atoms with Gasteiger partial charge in [0.15, 0.2) is 0 Å². The van der Waals surface area contributed by atoms with Gasteiger partial charge in [-0.1, -0.05) is 13.0 Å². The molecule has 0 aliphatic rings. The zero-order valence-corrected chi connectivity index (χ0v) is 11.2. The molecule has 0 fully saturated rings. The van der Waals surface area contributed by atoms with E-state index in [4.69, 9.17) is 4.42 Å². The summed E-state index contributed by atoms with van der Waals surface area (Å²) in [4.78, 5) is 0. The maximum Gasteiger partial charge on any atom is 0.248 e. The van der Waals surface area contributed by atoms with Crippen molar-refractivity contribution in [1.29, 1.82) is 0 Å². The number of nitrogens with zero attached hydrogens (tertiary/aromatic N) is 2. The van der Waals surface area contributed by atoms with Gasteiger partial charge in [0.05, 0.1) is 0 Å². The molecule has 2 rings (SSSR count). The normalized spacial score (nSPS) is 10.9. The van der Waals surface area contributed by atoms with Crippen LogP contribution in [0.4, 0.5) is 4.39 Å². The summed E-state index contributed by atoms with van der Waals surface area (Å²) >= 11 is 0. The molecule has 0 amide bonds. The smallest absolute Gasteiger partial charge is 0.248 e. The van der Waals surface area contributed by atoms with Gasteiger partial charge in [0.1, 0.15) is 5.82 Å². The van der Waals surface area contributed by atoms with Crippen LogP contribution in [0.5, 0.6) is 0 Å². The van der Waals surface area contributed by atoms with E-state index in [1.807, 2.05) is 6.92 Å². The molecule has 0 aliphatic heterocycles. The predicted molar refractivity (Wildman–Crippen MR) is 71.3 cm³/mol. The van der Waals surface area contributed by atoms with Crippen molar-refractivity contribution in [3.8, 4) is 11.5 Å². The van der Waals surface area contributed by atoms with Gasteiger partial charge in [-0.05, 0) is 37.6 Å². The van der Waals surface area contributed by atoms with Crippen LogP contribution in [0.25, 0.3) is 11.5 Å². The SMILES string of the molecule is CCCNCCc1nnc(-c2cc(F)ccc2C)o1. The van der Waals surface area contributed by atoms with Crippen LogP contribution in [0.3, 0.4) is 0 Å². The molecule has 1 aromatic heterocycles. The lowest BCUT2D eigenvalue weighted by atomic mass is 10.1. The van der Waals surface area contributed by atoms with Gasteiger partial charge in [-0.2, -0.15) is 0 Å². The highest BCUT2D eigenvalue weighted by molar-refractivity contribution is 5.57. The molecule has 2 aromatic rings. The van der Waals surface area contributed by atoms with Gasteiger partial charge in [0.2, 0.25) is 11.8 Å². The summed E-state index contributed by atoms with van der Waals surface area (Å²) in [6.07, 6.45) is 1.78. The standard InChI is InChI=1S/C14H18FN3O/c1-3-7-16-8-6-13-17-18-14(19-13)12-9-11(15)5-4-10(12)2/h4-5,9,16H,3,6-8H2,1-2H3. The molecule has 102 valence electrons. The van der Waals surface area contributed by atoms with Gasteiger partial charge in [0.25, 0.3) is 0 Å². The topological polar surface area (TPSA) is 51.0 Å². The highest BCUT2D eigenvalue weighted by Gasteiger charge is 2.11. The number of aryl methyl sites for hydroxylation is 1. The van der Waals surface area contributed by atoms with Crippen molar-refractivity contribution in [3.63, 3.8) is 0 Å². The summed E-state index contributed by atoms with van der Waals surface area (Å²) in [5.41, 5.74) is 1.57. The fourth-order valence-corrected chi connectivity index (χ4v) is 1.79. The molecule has 5 heteroatoms. The summed E-state index contributed by atoms with van der Waals surface area (Å²) in [5, 5.41) is 11.2. The summed E-state index contributed by atoms with van der Waals surface area (Å²) in [5.74, 6) is 0.648. The van der Waals surface area contributed by atoms with E-state index in [1.165, 1.54) is 12.1 Å². The van der Waals surface area contributed by atoms with E-state index in [0.29, 0.717) is 23.8 Å². The largest absolute Gasteiger partial charge is 0.421 e. The molecule has 1 N–H and O–H groups in total. The Hall–Kier alpha value is -1.75. The van der Waals surface area contributed by atoms with Crippen molar-refractivity contribution in [2.45, 2.75) is 26.7 Å². The van der Waals surface area contributed by atoms with Gasteiger partial charge in [-0.15, -0.1) is 10.2 Å². The Morgan fingerprint density at radius 3 is 2.89 bits per heavy atom. The summed E-state index contributed by atoms with van der Waals surface area (Å²) in [7, 11) is 0. The number of hydrogen-bond donors (Lipinski definition) is 1. The second-order valence-electron chi connectivity index (χ2n) is 4.46.